The molecular weight excluding hydrogens is 214 g/mol. The topological polar surface area (TPSA) is 49.3 Å². The number of hydrogen-bond acceptors (Lipinski definition) is 2. The lowest BCUT2D eigenvalue weighted by molar-refractivity contribution is 0.571. The minimum atomic E-state index is 0.0482. The summed E-state index contributed by atoms with van der Waals surface area (Å²) in [6, 6.07) is 5.36. The smallest absolute Gasteiger partial charge is 0.256 e. The van der Waals surface area contributed by atoms with E-state index in [1.165, 1.54) is 12.1 Å². The number of hydrogen-bond donors (Lipinski definition) is 2. The van der Waals surface area contributed by atoms with E-state index in [-0.39, 0.29) is 5.56 Å². The van der Waals surface area contributed by atoms with Crippen molar-refractivity contribution in [3.63, 3.8) is 0 Å². The average Bonchev–Trinajstić information content (AvgIpc) is 2.90. The molecule has 1 aliphatic heterocycles. The number of nitrogens with one attached hydrogen (secondary N) is 2. The van der Waals surface area contributed by atoms with Crippen LogP contribution in [0.25, 0.3) is 5.65 Å². The van der Waals surface area contributed by atoms with Gasteiger partial charge in [-0.1, -0.05) is 6.07 Å². The first-order valence-electron chi connectivity index (χ1n) is 6.15. The van der Waals surface area contributed by atoms with Crippen LogP contribution in [0, 0.1) is 12.8 Å². The average molecular weight is 231 g/mol. The lowest BCUT2D eigenvalue weighted by atomic mass is 10.0. The van der Waals surface area contributed by atoms with Crippen LogP contribution < -0.4 is 10.9 Å². The normalized spacial score (nSPS) is 20.2. The van der Waals surface area contributed by atoms with E-state index < -0.39 is 0 Å². The standard InChI is InChI=1S/C13H17N3O/c1-9-11(7-10-5-6-14-8-10)15-12-3-2-4-13(17)16(9)12/h2-4,10,14-15H,5-8H2,1H3. The highest BCUT2D eigenvalue weighted by Gasteiger charge is 2.18. The van der Waals surface area contributed by atoms with Crippen LogP contribution >= 0.6 is 0 Å². The van der Waals surface area contributed by atoms with Crippen molar-refractivity contribution in [1.82, 2.24) is 14.7 Å². The first-order chi connectivity index (χ1) is 8.25. The van der Waals surface area contributed by atoms with E-state index in [1.807, 2.05) is 13.0 Å². The SMILES string of the molecule is Cc1c(CC2CCNC2)[nH]c2cccc(=O)n12. The number of aryl methyl sites for hydroxylation is 1. The molecule has 0 spiro atoms. The highest BCUT2D eigenvalue weighted by molar-refractivity contribution is 5.42. The van der Waals surface area contributed by atoms with Crippen LogP contribution in [0.2, 0.25) is 0 Å². The maximum absolute atomic E-state index is 11.8. The van der Waals surface area contributed by atoms with Crippen LogP contribution in [0.4, 0.5) is 0 Å². The Labute approximate surface area is 99.7 Å². The lowest BCUT2D eigenvalue weighted by Gasteiger charge is -2.06. The number of nitrogens with zero attached hydrogens (tertiary/aromatic N) is 1. The Morgan fingerprint density at radius 3 is 3.06 bits per heavy atom. The van der Waals surface area contributed by atoms with Gasteiger partial charge in [-0.2, -0.15) is 0 Å². The van der Waals surface area contributed by atoms with E-state index in [0.29, 0.717) is 5.92 Å². The van der Waals surface area contributed by atoms with E-state index in [1.54, 1.807) is 16.5 Å². The third-order valence-corrected chi connectivity index (χ3v) is 3.66. The molecule has 1 fully saturated rings. The molecule has 2 N–H and O–H groups in total. The molecule has 0 amide bonds. The Kier molecular flexibility index (Phi) is 2.52. The van der Waals surface area contributed by atoms with Crippen molar-refractivity contribution in [2.24, 2.45) is 5.92 Å². The Hall–Kier alpha value is -1.55. The summed E-state index contributed by atoms with van der Waals surface area (Å²) in [6.45, 7) is 4.22. The van der Waals surface area contributed by atoms with Crippen LogP contribution in [0.5, 0.6) is 0 Å². The predicted octanol–water partition coefficient (Wildman–Crippen LogP) is 1.09. The Bertz CT molecular complexity index is 590. The van der Waals surface area contributed by atoms with Gasteiger partial charge >= 0.3 is 0 Å². The van der Waals surface area contributed by atoms with Crippen molar-refractivity contribution in [2.45, 2.75) is 19.8 Å². The molecule has 0 aromatic carbocycles. The number of rotatable bonds is 2. The minimum Gasteiger partial charge on any atom is -0.343 e. The first-order valence-corrected chi connectivity index (χ1v) is 6.15. The second-order valence-electron chi connectivity index (χ2n) is 4.84. The number of imidazole rings is 1. The minimum absolute atomic E-state index is 0.0482. The molecule has 1 atom stereocenters. The van der Waals surface area contributed by atoms with Crippen LogP contribution in [-0.2, 0) is 6.42 Å². The van der Waals surface area contributed by atoms with Crippen molar-refractivity contribution in [3.8, 4) is 0 Å². The van der Waals surface area contributed by atoms with Gasteiger partial charge in [-0.3, -0.25) is 9.20 Å². The first kappa shape index (κ1) is 10.6. The zero-order chi connectivity index (χ0) is 11.8. The molecule has 3 heterocycles. The van der Waals surface area contributed by atoms with Gasteiger partial charge in [-0.05, 0) is 44.8 Å². The second-order valence-corrected chi connectivity index (χ2v) is 4.84. The maximum Gasteiger partial charge on any atom is 0.256 e. The van der Waals surface area contributed by atoms with Gasteiger partial charge in [0.05, 0.1) is 0 Å². The largest absolute Gasteiger partial charge is 0.343 e. The fourth-order valence-electron chi connectivity index (χ4n) is 2.69. The van der Waals surface area contributed by atoms with Gasteiger partial charge < -0.3 is 10.3 Å². The summed E-state index contributed by atoms with van der Waals surface area (Å²) < 4.78 is 1.76. The lowest BCUT2D eigenvalue weighted by Crippen LogP contribution is -2.13. The molecule has 17 heavy (non-hydrogen) atoms. The van der Waals surface area contributed by atoms with E-state index in [0.717, 1.165) is 30.9 Å². The number of aromatic nitrogens is 2. The summed E-state index contributed by atoms with van der Waals surface area (Å²) in [7, 11) is 0. The zero-order valence-corrected chi connectivity index (χ0v) is 9.99. The molecule has 2 aromatic heterocycles. The molecule has 0 aliphatic carbocycles. The molecule has 0 bridgehead atoms. The van der Waals surface area contributed by atoms with Gasteiger partial charge in [0.25, 0.3) is 5.56 Å². The number of fused-ring (bicyclic) bond motifs is 1. The molecule has 1 aliphatic rings. The third-order valence-electron chi connectivity index (χ3n) is 3.66. The molecular formula is C13H17N3O. The highest BCUT2D eigenvalue weighted by atomic mass is 16.1. The summed E-state index contributed by atoms with van der Waals surface area (Å²) in [5.41, 5.74) is 3.20. The molecule has 1 unspecified atom stereocenters. The summed E-state index contributed by atoms with van der Waals surface area (Å²) >= 11 is 0. The Balaban J connectivity index is 2.02. The molecule has 4 heteroatoms. The van der Waals surface area contributed by atoms with Crippen molar-refractivity contribution in [3.05, 3.63) is 39.9 Å². The third kappa shape index (κ3) is 1.78. The van der Waals surface area contributed by atoms with E-state index in [2.05, 4.69) is 10.3 Å². The molecule has 90 valence electrons. The van der Waals surface area contributed by atoms with Crippen molar-refractivity contribution >= 4 is 5.65 Å². The van der Waals surface area contributed by atoms with Gasteiger partial charge in [0.15, 0.2) is 0 Å². The van der Waals surface area contributed by atoms with Gasteiger partial charge in [0, 0.05) is 17.5 Å². The number of aromatic amines is 1. The van der Waals surface area contributed by atoms with Crippen LogP contribution in [0.1, 0.15) is 17.8 Å². The molecule has 0 saturated carbocycles. The number of pyridine rings is 1. The Morgan fingerprint density at radius 2 is 2.35 bits per heavy atom. The van der Waals surface area contributed by atoms with Crippen molar-refractivity contribution in [1.29, 1.82) is 0 Å². The van der Waals surface area contributed by atoms with Crippen molar-refractivity contribution < 1.29 is 0 Å². The summed E-state index contributed by atoms with van der Waals surface area (Å²) in [5.74, 6) is 0.692. The molecule has 3 rings (SSSR count). The predicted molar refractivity (Wildman–Crippen MR) is 67.4 cm³/mol. The summed E-state index contributed by atoms with van der Waals surface area (Å²) in [4.78, 5) is 15.1. The zero-order valence-electron chi connectivity index (χ0n) is 9.99. The van der Waals surface area contributed by atoms with Gasteiger partial charge in [-0.15, -0.1) is 0 Å². The molecule has 2 aromatic rings. The summed E-state index contributed by atoms with van der Waals surface area (Å²) in [5, 5.41) is 3.37. The summed E-state index contributed by atoms with van der Waals surface area (Å²) in [6.07, 6.45) is 2.25. The molecule has 4 nitrogen and oxygen atoms in total. The molecule has 1 saturated heterocycles. The van der Waals surface area contributed by atoms with Crippen LogP contribution in [0.15, 0.2) is 23.0 Å². The van der Waals surface area contributed by atoms with E-state index in [9.17, 15) is 4.79 Å². The number of H-pyrrole nitrogens is 1. The van der Waals surface area contributed by atoms with E-state index in [4.69, 9.17) is 0 Å². The quantitative estimate of drug-likeness (QED) is 0.812. The van der Waals surface area contributed by atoms with Gasteiger partial charge in [-0.25, -0.2) is 0 Å². The fraction of sp³-hybridized carbons (Fsp3) is 0.462. The van der Waals surface area contributed by atoms with E-state index >= 15 is 0 Å². The highest BCUT2D eigenvalue weighted by Crippen LogP contribution is 2.17. The van der Waals surface area contributed by atoms with Gasteiger partial charge in [0.1, 0.15) is 5.65 Å². The van der Waals surface area contributed by atoms with Crippen molar-refractivity contribution in [2.75, 3.05) is 13.1 Å². The Morgan fingerprint density at radius 1 is 1.47 bits per heavy atom. The molecule has 0 radical (unpaired) electrons. The van der Waals surface area contributed by atoms with Crippen LogP contribution in [0.3, 0.4) is 0 Å². The maximum atomic E-state index is 11.8. The monoisotopic (exact) mass is 231 g/mol. The van der Waals surface area contributed by atoms with Gasteiger partial charge in [0.2, 0.25) is 0 Å². The fourth-order valence-corrected chi connectivity index (χ4v) is 2.69. The van der Waals surface area contributed by atoms with Crippen LogP contribution in [-0.4, -0.2) is 22.5 Å². The second kappa shape index (κ2) is 4.04.